The second-order valence-electron chi connectivity index (χ2n) is 5.08. The standard InChI is InChI=1S/C12H21N5O2/c1-4-16-12(11(17(18)19)8(2)14-16)15(3)10(7-13)9-5-6-9/h9-10H,4-7,13H2,1-3H3. The summed E-state index contributed by atoms with van der Waals surface area (Å²) < 4.78 is 1.69. The maximum absolute atomic E-state index is 11.3. The normalized spacial score (nSPS) is 16.4. The predicted octanol–water partition coefficient (Wildman–Crippen LogP) is 1.29. The van der Waals surface area contributed by atoms with Crippen LogP contribution in [0.5, 0.6) is 0 Å². The average Bonchev–Trinajstić information content (AvgIpc) is 3.12. The zero-order valence-electron chi connectivity index (χ0n) is 11.7. The quantitative estimate of drug-likeness (QED) is 0.619. The number of hydrogen-bond acceptors (Lipinski definition) is 5. The third-order valence-electron chi connectivity index (χ3n) is 3.79. The van der Waals surface area contributed by atoms with Gasteiger partial charge in [0.25, 0.3) is 0 Å². The number of nitrogens with zero attached hydrogens (tertiary/aromatic N) is 4. The molecule has 0 radical (unpaired) electrons. The number of hydrogen-bond donors (Lipinski definition) is 1. The van der Waals surface area contributed by atoms with Gasteiger partial charge in [-0.05, 0) is 32.6 Å². The van der Waals surface area contributed by atoms with Crippen molar-refractivity contribution in [1.82, 2.24) is 9.78 Å². The van der Waals surface area contributed by atoms with Crippen molar-refractivity contribution in [3.63, 3.8) is 0 Å². The second kappa shape index (κ2) is 5.16. The summed E-state index contributed by atoms with van der Waals surface area (Å²) in [5.41, 5.74) is 6.39. The van der Waals surface area contributed by atoms with Crippen LogP contribution in [0, 0.1) is 23.0 Å². The van der Waals surface area contributed by atoms with Crippen molar-refractivity contribution in [2.45, 2.75) is 39.3 Å². The molecule has 0 aliphatic heterocycles. The van der Waals surface area contributed by atoms with Crippen molar-refractivity contribution in [3.05, 3.63) is 15.8 Å². The highest BCUT2D eigenvalue weighted by Gasteiger charge is 2.37. The molecule has 1 aromatic rings. The van der Waals surface area contributed by atoms with Crippen LogP contribution in [-0.4, -0.2) is 34.3 Å². The molecule has 1 unspecified atom stereocenters. The van der Waals surface area contributed by atoms with E-state index in [4.69, 9.17) is 5.73 Å². The zero-order chi connectivity index (χ0) is 14.2. The van der Waals surface area contributed by atoms with E-state index in [1.807, 2.05) is 18.9 Å². The number of aryl methyl sites for hydroxylation is 2. The van der Waals surface area contributed by atoms with E-state index < -0.39 is 0 Å². The van der Waals surface area contributed by atoms with Crippen LogP contribution in [-0.2, 0) is 6.54 Å². The van der Waals surface area contributed by atoms with Gasteiger partial charge in [-0.1, -0.05) is 0 Å². The molecule has 1 aromatic heterocycles. The molecular weight excluding hydrogens is 246 g/mol. The van der Waals surface area contributed by atoms with Crippen LogP contribution in [0.2, 0.25) is 0 Å². The third-order valence-corrected chi connectivity index (χ3v) is 3.79. The summed E-state index contributed by atoms with van der Waals surface area (Å²) in [5, 5.41) is 15.5. The van der Waals surface area contributed by atoms with E-state index >= 15 is 0 Å². The van der Waals surface area contributed by atoms with Gasteiger partial charge < -0.3 is 10.6 Å². The molecular formula is C12H21N5O2. The third kappa shape index (κ3) is 2.42. The van der Waals surface area contributed by atoms with Gasteiger partial charge in [0.05, 0.1) is 4.92 Å². The second-order valence-corrected chi connectivity index (χ2v) is 5.08. The van der Waals surface area contributed by atoms with Crippen LogP contribution in [0.15, 0.2) is 0 Å². The number of anilines is 1. The molecule has 2 rings (SSSR count). The van der Waals surface area contributed by atoms with E-state index in [2.05, 4.69) is 5.10 Å². The van der Waals surface area contributed by atoms with E-state index in [0.29, 0.717) is 30.5 Å². The minimum Gasteiger partial charge on any atom is -0.350 e. The number of nitrogens with two attached hydrogens (primary N) is 1. The van der Waals surface area contributed by atoms with E-state index in [-0.39, 0.29) is 16.7 Å². The minimum absolute atomic E-state index is 0.100. The Morgan fingerprint density at radius 3 is 2.68 bits per heavy atom. The highest BCUT2D eigenvalue weighted by Crippen LogP contribution is 2.39. The molecule has 1 aliphatic rings. The molecule has 7 nitrogen and oxygen atoms in total. The molecule has 106 valence electrons. The van der Waals surface area contributed by atoms with Crippen LogP contribution < -0.4 is 10.6 Å². The molecule has 1 fully saturated rings. The molecule has 1 saturated carbocycles. The lowest BCUT2D eigenvalue weighted by Crippen LogP contribution is -2.41. The molecule has 0 aromatic carbocycles. The van der Waals surface area contributed by atoms with Crippen LogP contribution in [0.4, 0.5) is 11.5 Å². The molecule has 19 heavy (non-hydrogen) atoms. The molecule has 1 heterocycles. The van der Waals surface area contributed by atoms with Crippen LogP contribution in [0.25, 0.3) is 0 Å². The van der Waals surface area contributed by atoms with Gasteiger partial charge in [-0.25, -0.2) is 4.68 Å². The van der Waals surface area contributed by atoms with Crippen LogP contribution in [0.3, 0.4) is 0 Å². The molecule has 7 heteroatoms. The lowest BCUT2D eigenvalue weighted by Gasteiger charge is -2.28. The summed E-state index contributed by atoms with van der Waals surface area (Å²) in [6.07, 6.45) is 2.30. The van der Waals surface area contributed by atoms with E-state index in [9.17, 15) is 10.1 Å². The van der Waals surface area contributed by atoms with Crippen LogP contribution >= 0.6 is 0 Å². The number of nitro groups is 1. The Kier molecular flexibility index (Phi) is 3.75. The van der Waals surface area contributed by atoms with Crippen molar-refractivity contribution in [3.8, 4) is 0 Å². The Labute approximate surface area is 112 Å². The lowest BCUT2D eigenvalue weighted by molar-refractivity contribution is -0.384. The van der Waals surface area contributed by atoms with Crippen molar-refractivity contribution >= 4 is 11.5 Å². The fourth-order valence-corrected chi connectivity index (χ4v) is 2.65. The van der Waals surface area contributed by atoms with E-state index in [0.717, 1.165) is 12.8 Å². The van der Waals surface area contributed by atoms with Gasteiger partial charge in [0.1, 0.15) is 5.69 Å². The Morgan fingerprint density at radius 2 is 2.26 bits per heavy atom. The minimum atomic E-state index is -0.346. The average molecular weight is 267 g/mol. The summed E-state index contributed by atoms with van der Waals surface area (Å²) in [4.78, 5) is 12.9. The summed E-state index contributed by atoms with van der Waals surface area (Å²) >= 11 is 0. The summed E-state index contributed by atoms with van der Waals surface area (Å²) in [6, 6.07) is 0.153. The number of aromatic nitrogens is 2. The fraction of sp³-hybridized carbons (Fsp3) is 0.750. The van der Waals surface area contributed by atoms with Gasteiger partial charge in [0.15, 0.2) is 0 Å². The monoisotopic (exact) mass is 267 g/mol. The molecule has 0 amide bonds. The van der Waals surface area contributed by atoms with Crippen LogP contribution in [0.1, 0.15) is 25.5 Å². The highest BCUT2D eigenvalue weighted by atomic mass is 16.6. The SMILES string of the molecule is CCn1nc(C)c([N+](=O)[O-])c1N(C)C(CN)C1CC1. The number of likely N-dealkylation sites (N-methyl/N-ethyl adjacent to an activating group) is 1. The summed E-state index contributed by atoms with van der Waals surface area (Å²) in [7, 11) is 1.88. The largest absolute Gasteiger partial charge is 0.350 e. The van der Waals surface area contributed by atoms with Crippen molar-refractivity contribution in [2.24, 2.45) is 11.7 Å². The number of rotatable bonds is 6. The Morgan fingerprint density at radius 1 is 1.63 bits per heavy atom. The highest BCUT2D eigenvalue weighted by molar-refractivity contribution is 5.61. The maximum atomic E-state index is 11.3. The zero-order valence-corrected chi connectivity index (χ0v) is 11.7. The van der Waals surface area contributed by atoms with E-state index in [1.54, 1.807) is 11.6 Å². The van der Waals surface area contributed by atoms with Crippen molar-refractivity contribution in [1.29, 1.82) is 0 Å². The first-order valence-electron chi connectivity index (χ1n) is 6.65. The van der Waals surface area contributed by atoms with Crippen molar-refractivity contribution < 1.29 is 4.92 Å². The molecule has 1 aliphatic carbocycles. The molecule has 0 spiro atoms. The first kappa shape index (κ1) is 13.8. The topological polar surface area (TPSA) is 90.2 Å². The molecule has 1 atom stereocenters. The summed E-state index contributed by atoms with van der Waals surface area (Å²) in [5.74, 6) is 1.13. The van der Waals surface area contributed by atoms with E-state index in [1.165, 1.54) is 0 Å². The van der Waals surface area contributed by atoms with Gasteiger partial charge in [-0.3, -0.25) is 10.1 Å². The maximum Gasteiger partial charge on any atom is 0.333 e. The Bertz CT molecular complexity index is 481. The van der Waals surface area contributed by atoms with Gasteiger partial charge in [-0.2, -0.15) is 5.10 Å². The summed E-state index contributed by atoms with van der Waals surface area (Å²) in [6.45, 7) is 4.72. The fourth-order valence-electron chi connectivity index (χ4n) is 2.65. The Balaban J connectivity index is 2.43. The molecule has 2 N–H and O–H groups in total. The first-order valence-corrected chi connectivity index (χ1v) is 6.65. The van der Waals surface area contributed by atoms with Crippen molar-refractivity contribution in [2.75, 3.05) is 18.5 Å². The first-order chi connectivity index (χ1) is 9.01. The van der Waals surface area contributed by atoms with Gasteiger partial charge in [-0.15, -0.1) is 0 Å². The predicted molar refractivity (Wildman–Crippen MR) is 73.3 cm³/mol. The van der Waals surface area contributed by atoms with Gasteiger partial charge >= 0.3 is 5.69 Å². The molecule has 0 bridgehead atoms. The lowest BCUT2D eigenvalue weighted by atomic mass is 10.1. The Hall–Kier alpha value is -1.63. The van der Waals surface area contributed by atoms with Gasteiger partial charge in [0.2, 0.25) is 5.82 Å². The van der Waals surface area contributed by atoms with Gasteiger partial charge in [0, 0.05) is 26.2 Å². The smallest absolute Gasteiger partial charge is 0.333 e. The molecule has 0 saturated heterocycles.